The summed E-state index contributed by atoms with van der Waals surface area (Å²) in [6, 6.07) is 5.55. The van der Waals surface area contributed by atoms with Crippen molar-refractivity contribution in [1.29, 1.82) is 0 Å². The Labute approximate surface area is 87.4 Å². The van der Waals surface area contributed by atoms with Crippen LogP contribution in [-0.2, 0) is 5.41 Å². The molecule has 0 fully saturated rings. The van der Waals surface area contributed by atoms with Gasteiger partial charge in [0.2, 0.25) is 0 Å². The van der Waals surface area contributed by atoms with E-state index in [0.29, 0.717) is 5.75 Å². The van der Waals surface area contributed by atoms with Crippen LogP contribution in [0.4, 0.5) is 0 Å². The summed E-state index contributed by atoms with van der Waals surface area (Å²) >= 11 is 1.44. The van der Waals surface area contributed by atoms with Gasteiger partial charge >= 0.3 is 0 Å². The van der Waals surface area contributed by atoms with Gasteiger partial charge in [-0.3, -0.25) is 0 Å². The Hall–Kier alpha value is -1.09. The summed E-state index contributed by atoms with van der Waals surface area (Å²) in [5.74, 6) is 0.334. The molecule has 0 saturated heterocycles. The maximum atomic E-state index is 9.77. The van der Waals surface area contributed by atoms with Gasteiger partial charge in [0, 0.05) is 5.41 Å². The Bertz CT molecular complexity index is 468. The molecule has 3 heteroatoms. The van der Waals surface area contributed by atoms with E-state index in [9.17, 15) is 5.11 Å². The van der Waals surface area contributed by atoms with Gasteiger partial charge in [-0.05, 0) is 23.7 Å². The van der Waals surface area contributed by atoms with Gasteiger partial charge in [-0.15, -0.1) is 0 Å². The molecule has 74 valence electrons. The van der Waals surface area contributed by atoms with Crippen LogP contribution in [0.2, 0.25) is 0 Å². The lowest BCUT2D eigenvalue weighted by Gasteiger charge is -2.15. The molecule has 0 spiro atoms. The maximum Gasteiger partial charge on any atom is 0.126 e. The number of aromatic hydroxyl groups is 1. The molecule has 2 rings (SSSR count). The molecule has 1 N–H and O–H groups in total. The average molecular weight is 207 g/mol. The lowest BCUT2D eigenvalue weighted by atomic mass is 9.90. The quantitative estimate of drug-likeness (QED) is 0.719. The fourth-order valence-corrected chi connectivity index (χ4v) is 2.47. The van der Waals surface area contributed by atoms with Gasteiger partial charge in [0.15, 0.2) is 0 Å². The standard InChI is InChI=1S/C11H13NOS/c1-11(2,3)10-9-7(13)5-4-6-8(9)14-12-10/h4-6,13H,1-3H3. The zero-order valence-electron chi connectivity index (χ0n) is 8.53. The Morgan fingerprint density at radius 2 is 2.00 bits per heavy atom. The predicted octanol–water partition coefficient (Wildman–Crippen LogP) is 3.30. The molecule has 0 aliphatic rings. The van der Waals surface area contributed by atoms with Crippen molar-refractivity contribution in [2.24, 2.45) is 0 Å². The number of aromatic nitrogens is 1. The van der Waals surface area contributed by atoms with Crippen LogP contribution in [0.3, 0.4) is 0 Å². The molecule has 1 aromatic carbocycles. The predicted molar refractivity (Wildman–Crippen MR) is 60.0 cm³/mol. The summed E-state index contributed by atoms with van der Waals surface area (Å²) in [5.41, 5.74) is 0.965. The Balaban J connectivity index is 2.80. The van der Waals surface area contributed by atoms with Crippen LogP contribution in [0.25, 0.3) is 10.1 Å². The number of phenolic OH excluding ortho intramolecular Hbond substituents is 1. The molecular weight excluding hydrogens is 194 g/mol. The number of rotatable bonds is 0. The number of hydrogen-bond donors (Lipinski definition) is 1. The van der Waals surface area contributed by atoms with Gasteiger partial charge in [0.05, 0.1) is 15.8 Å². The molecule has 0 bridgehead atoms. The van der Waals surface area contributed by atoms with Crippen molar-refractivity contribution < 1.29 is 5.11 Å². The van der Waals surface area contributed by atoms with E-state index < -0.39 is 0 Å². The monoisotopic (exact) mass is 207 g/mol. The third-order valence-corrected chi connectivity index (χ3v) is 3.00. The minimum Gasteiger partial charge on any atom is -0.507 e. The van der Waals surface area contributed by atoms with Gasteiger partial charge in [-0.25, -0.2) is 0 Å². The summed E-state index contributed by atoms with van der Waals surface area (Å²) in [6.45, 7) is 6.32. The molecule has 0 radical (unpaired) electrons. The number of benzene rings is 1. The first kappa shape index (κ1) is 9.46. The highest BCUT2D eigenvalue weighted by Gasteiger charge is 2.22. The second kappa shape index (κ2) is 2.95. The third kappa shape index (κ3) is 1.38. The lowest BCUT2D eigenvalue weighted by molar-refractivity contribution is 0.479. The number of phenols is 1. The molecule has 0 saturated carbocycles. The van der Waals surface area contributed by atoms with E-state index in [4.69, 9.17) is 0 Å². The highest BCUT2D eigenvalue weighted by atomic mass is 32.1. The van der Waals surface area contributed by atoms with Gasteiger partial charge in [0.25, 0.3) is 0 Å². The van der Waals surface area contributed by atoms with Crippen molar-refractivity contribution in [2.45, 2.75) is 26.2 Å². The second-order valence-electron chi connectivity index (χ2n) is 4.43. The Morgan fingerprint density at radius 3 is 2.64 bits per heavy atom. The van der Waals surface area contributed by atoms with Crippen LogP contribution in [-0.4, -0.2) is 9.48 Å². The van der Waals surface area contributed by atoms with Crippen LogP contribution in [0.5, 0.6) is 5.75 Å². The largest absolute Gasteiger partial charge is 0.507 e. The molecule has 0 aliphatic carbocycles. The average Bonchev–Trinajstić information content (AvgIpc) is 2.47. The van der Waals surface area contributed by atoms with Crippen molar-refractivity contribution in [3.63, 3.8) is 0 Å². The van der Waals surface area contributed by atoms with Gasteiger partial charge < -0.3 is 5.11 Å². The summed E-state index contributed by atoms with van der Waals surface area (Å²) in [7, 11) is 0. The van der Waals surface area contributed by atoms with E-state index in [2.05, 4.69) is 25.1 Å². The summed E-state index contributed by atoms with van der Waals surface area (Å²) in [5, 5.41) is 10.7. The molecule has 0 aliphatic heterocycles. The van der Waals surface area contributed by atoms with E-state index >= 15 is 0 Å². The SMILES string of the molecule is CC(C)(C)c1nsc2cccc(O)c12. The summed E-state index contributed by atoms with van der Waals surface area (Å²) in [6.07, 6.45) is 0. The van der Waals surface area contributed by atoms with Crippen molar-refractivity contribution in [1.82, 2.24) is 4.37 Å². The molecule has 1 aromatic heterocycles. The normalized spacial score (nSPS) is 12.2. The zero-order valence-corrected chi connectivity index (χ0v) is 9.35. The second-order valence-corrected chi connectivity index (χ2v) is 5.24. The van der Waals surface area contributed by atoms with Crippen molar-refractivity contribution in [3.05, 3.63) is 23.9 Å². The molecule has 2 nitrogen and oxygen atoms in total. The van der Waals surface area contributed by atoms with Gasteiger partial charge in [0.1, 0.15) is 5.75 Å². The first-order chi connectivity index (χ1) is 6.50. The third-order valence-electron chi connectivity index (χ3n) is 2.19. The first-order valence-electron chi connectivity index (χ1n) is 4.58. The molecule has 1 heterocycles. The van der Waals surface area contributed by atoms with Crippen LogP contribution >= 0.6 is 11.5 Å². The fourth-order valence-electron chi connectivity index (χ4n) is 1.49. The van der Waals surface area contributed by atoms with Crippen LogP contribution in [0, 0.1) is 0 Å². The van der Waals surface area contributed by atoms with E-state index in [1.165, 1.54) is 11.5 Å². The first-order valence-corrected chi connectivity index (χ1v) is 5.35. The summed E-state index contributed by atoms with van der Waals surface area (Å²) < 4.78 is 5.46. The maximum absolute atomic E-state index is 9.77. The van der Waals surface area contributed by atoms with Gasteiger partial charge in [-0.1, -0.05) is 26.8 Å². The van der Waals surface area contributed by atoms with Crippen molar-refractivity contribution in [3.8, 4) is 5.75 Å². The lowest BCUT2D eigenvalue weighted by Crippen LogP contribution is -2.11. The van der Waals surface area contributed by atoms with Crippen LogP contribution in [0.15, 0.2) is 18.2 Å². The van der Waals surface area contributed by atoms with E-state index in [0.717, 1.165) is 15.8 Å². The van der Waals surface area contributed by atoms with Crippen molar-refractivity contribution >= 4 is 21.6 Å². The summed E-state index contributed by atoms with van der Waals surface area (Å²) in [4.78, 5) is 0. The van der Waals surface area contributed by atoms with Crippen LogP contribution < -0.4 is 0 Å². The molecule has 0 unspecified atom stereocenters. The van der Waals surface area contributed by atoms with E-state index in [-0.39, 0.29) is 5.41 Å². The molecule has 14 heavy (non-hydrogen) atoms. The molecule has 0 amide bonds. The Kier molecular flexibility index (Phi) is 2.00. The topological polar surface area (TPSA) is 33.1 Å². The minimum absolute atomic E-state index is 0.0168. The molecular formula is C11H13NOS. The Morgan fingerprint density at radius 1 is 1.29 bits per heavy atom. The van der Waals surface area contributed by atoms with E-state index in [1.54, 1.807) is 6.07 Å². The molecule has 0 atom stereocenters. The van der Waals surface area contributed by atoms with Crippen LogP contribution in [0.1, 0.15) is 26.5 Å². The number of hydrogen-bond acceptors (Lipinski definition) is 3. The smallest absolute Gasteiger partial charge is 0.126 e. The minimum atomic E-state index is -0.0168. The van der Waals surface area contributed by atoms with Crippen molar-refractivity contribution in [2.75, 3.05) is 0 Å². The number of nitrogens with zero attached hydrogens (tertiary/aromatic N) is 1. The fraction of sp³-hybridized carbons (Fsp3) is 0.364. The highest BCUT2D eigenvalue weighted by molar-refractivity contribution is 7.13. The highest BCUT2D eigenvalue weighted by Crippen LogP contribution is 2.36. The molecule has 2 aromatic rings. The van der Waals surface area contributed by atoms with E-state index in [1.807, 2.05) is 12.1 Å². The number of fused-ring (bicyclic) bond motifs is 1. The van der Waals surface area contributed by atoms with Gasteiger partial charge in [-0.2, -0.15) is 4.37 Å². The zero-order chi connectivity index (χ0) is 10.3.